The summed E-state index contributed by atoms with van der Waals surface area (Å²) in [6.45, 7) is 31.7. The van der Waals surface area contributed by atoms with Crippen molar-refractivity contribution in [1.82, 2.24) is 0 Å². The predicted molar refractivity (Wildman–Crippen MR) is 277 cm³/mol. The molecule has 3 heterocycles. The lowest BCUT2D eigenvalue weighted by Gasteiger charge is -2.53. The fraction of sp³-hybridized carbons (Fsp3) is 0.357. The van der Waals surface area contributed by atoms with E-state index in [0.29, 0.717) is 0 Å². The van der Waals surface area contributed by atoms with Gasteiger partial charge in [-0.15, -0.1) is 0 Å². The van der Waals surface area contributed by atoms with Crippen molar-refractivity contribution >= 4 is 95.1 Å². The van der Waals surface area contributed by atoms with Gasteiger partial charge in [0.1, 0.15) is 0 Å². The Bertz CT molecular complexity index is 2710. The summed E-state index contributed by atoms with van der Waals surface area (Å²) in [5.74, 6) is 0. The van der Waals surface area contributed by atoms with Crippen LogP contribution in [0.4, 0.5) is 45.5 Å². The van der Waals surface area contributed by atoms with Gasteiger partial charge in [0.15, 0.2) is 0 Å². The molecule has 0 N–H and O–H groups in total. The van der Waals surface area contributed by atoms with E-state index in [1.807, 2.05) is 0 Å². The lowest BCUT2D eigenvalue weighted by atomic mass is 9.33. The molecule has 0 radical (unpaired) electrons. The fourth-order valence-electron chi connectivity index (χ4n) is 11.7. The molecule has 4 aliphatic rings. The number of rotatable bonds is 6. The Morgan fingerprint density at radius 2 is 1.19 bits per heavy atom. The number of benzene rings is 6. The first kappa shape index (κ1) is 41.2. The monoisotopic (exact) mass is 847 g/mol. The molecule has 6 aromatic carbocycles. The molecule has 6 heteroatoms. The zero-order valence-corrected chi connectivity index (χ0v) is 41.7. The summed E-state index contributed by atoms with van der Waals surface area (Å²) >= 11 is 0. The van der Waals surface area contributed by atoms with Crippen LogP contribution >= 0.6 is 0 Å². The number of hydrogen-bond donors (Lipinski definition) is 0. The topological polar surface area (TPSA) is 9.72 Å². The molecule has 3 aliphatic heterocycles. The molecular formula is C56H66BN3Si2. The second-order valence-corrected chi connectivity index (χ2v) is 33.0. The average molecular weight is 848 g/mol. The van der Waals surface area contributed by atoms with E-state index in [9.17, 15) is 0 Å². The van der Waals surface area contributed by atoms with Crippen LogP contribution in [0.2, 0.25) is 39.3 Å². The molecule has 62 heavy (non-hydrogen) atoms. The van der Waals surface area contributed by atoms with Crippen molar-refractivity contribution in [2.45, 2.75) is 130 Å². The normalized spacial score (nSPS) is 20.1. The first-order chi connectivity index (χ1) is 29.2. The molecule has 0 spiro atoms. The van der Waals surface area contributed by atoms with Crippen molar-refractivity contribution in [3.8, 4) is 0 Å². The van der Waals surface area contributed by atoms with Gasteiger partial charge in [0.25, 0.3) is 6.71 Å². The van der Waals surface area contributed by atoms with Crippen molar-refractivity contribution in [2.24, 2.45) is 0 Å². The molecular weight excluding hydrogens is 782 g/mol. The van der Waals surface area contributed by atoms with Gasteiger partial charge >= 0.3 is 0 Å². The van der Waals surface area contributed by atoms with Gasteiger partial charge < -0.3 is 14.7 Å². The van der Waals surface area contributed by atoms with Gasteiger partial charge in [-0.3, -0.25) is 0 Å². The number of hydrogen-bond acceptors (Lipinski definition) is 3. The quantitative estimate of drug-likeness (QED) is 0.154. The minimum atomic E-state index is -1.52. The Labute approximate surface area is 375 Å². The van der Waals surface area contributed by atoms with Crippen LogP contribution in [0.15, 0.2) is 115 Å². The van der Waals surface area contributed by atoms with Crippen molar-refractivity contribution < 1.29 is 0 Å². The Hall–Kier alpha value is -4.78. The molecule has 2 unspecified atom stereocenters. The maximum absolute atomic E-state index is 2.90. The molecule has 1 aliphatic carbocycles. The number of fused-ring (bicyclic) bond motifs is 7. The molecule has 1 fully saturated rings. The molecule has 1 saturated carbocycles. The largest absolute Gasteiger partial charge is 0.335 e. The van der Waals surface area contributed by atoms with Gasteiger partial charge in [0.2, 0.25) is 0 Å². The maximum atomic E-state index is 2.90. The Morgan fingerprint density at radius 1 is 0.597 bits per heavy atom. The summed E-state index contributed by atoms with van der Waals surface area (Å²) in [6.07, 6.45) is 4.90. The smallest absolute Gasteiger partial charge is 0.252 e. The second-order valence-electron chi connectivity index (χ2n) is 22.9. The molecule has 6 aromatic rings. The molecule has 0 saturated heterocycles. The molecule has 2 atom stereocenters. The van der Waals surface area contributed by atoms with E-state index >= 15 is 0 Å². The van der Waals surface area contributed by atoms with Crippen LogP contribution in [0.25, 0.3) is 0 Å². The van der Waals surface area contributed by atoms with Gasteiger partial charge in [0, 0.05) is 45.2 Å². The summed E-state index contributed by atoms with van der Waals surface area (Å²) in [5, 5.41) is 2.97. The van der Waals surface area contributed by atoms with E-state index in [1.54, 1.807) is 5.56 Å². The Balaban J connectivity index is 1.33. The zero-order chi connectivity index (χ0) is 43.9. The standard InChI is InChI=1S/C56H66BN3Si2/c1-37-17-16-18-42(31-37)59-49-32-38(2)19-28-47(49)57-48-34-39(54(3,4)5)33-46-53(48)60(56(7)30-15-14-29-55(46,56)6)51-36-43(35-50(59)52(51)57)58(40-20-24-44(25-21-40)61(8,9)10)41-22-26-45(27-23-41)62(11,12)13/h16-28,31-36H,14-15,29-30H2,1-13H3. The van der Waals surface area contributed by atoms with Gasteiger partial charge in [-0.05, 0) is 132 Å². The number of aryl methyl sites for hydroxylation is 2. The SMILES string of the molecule is Cc1cccc(N2c3cc(C)ccc3B3c4cc(C(C)(C)C)cc5c4N(c4cc(N(c6ccc([Si](C)(C)C)cc6)c6ccc([Si](C)(C)C)cc6)cc2c43)C2(C)CCCCC52C)c1. The van der Waals surface area contributed by atoms with Crippen LogP contribution in [0.3, 0.4) is 0 Å². The van der Waals surface area contributed by atoms with E-state index in [0.717, 1.165) is 0 Å². The third-order valence-electron chi connectivity index (χ3n) is 15.5. The highest BCUT2D eigenvalue weighted by molar-refractivity contribution is 7.00. The Morgan fingerprint density at radius 3 is 1.79 bits per heavy atom. The first-order valence-electron chi connectivity index (χ1n) is 23.3. The van der Waals surface area contributed by atoms with Crippen LogP contribution in [0, 0.1) is 13.8 Å². The van der Waals surface area contributed by atoms with Crippen molar-refractivity contribution in [3.63, 3.8) is 0 Å². The Kier molecular flexibility index (Phi) is 9.22. The van der Waals surface area contributed by atoms with Crippen LogP contribution in [0.5, 0.6) is 0 Å². The van der Waals surface area contributed by atoms with Crippen LogP contribution in [-0.2, 0) is 10.8 Å². The van der Waals surface area contributed by atoms with E-state index in [4.69, 9.17) is 0 Å². The fourth-order valence-corrected chi connectivity index (χ4v) is 14.0. The van der Waals surface area contributed by atoms with Crippen LogP contribution in [-0.4, -0.2) is 28.4 Å². The van der Waals surface area contributed by atoms with Crippen molar-refractivity contribution in [2.75, 3.05) is 14.7 Å². The maximum Gasteiger partial charge on any atom is 0.252 e. The summed E-state index contributed by atoms with van der Waals surface area (Å²) in [6, 6.07) is 46.1. The van der Waals surface area contributed by atoms with E-state index in [-0.39, 0.29) is 23.1 Å². The minimum absolute atomic E-state index is 0.0123. The summed E-state index contributed by atoms with van der Waals surface area (Å²) < 4.78 is 0. The minimum Gasteiger partial charge on any atom is -0.335 e. The number of nitrogens with zero attached hydrogens (tertiary/aromatic N) is 3. The predicted octanol–water partition coefficient (Wildman–Crippen LogP) is 12.5. The van der Waals surface area contributed by atoms with Gasteiger partial charge in [0.05, 0.1) is 27.4 Å². The third-order valence-corrected chi connectivity index (χ3v) is 19.7. The molecule has 10 rings (SSSR count). The van der Waals surface area contributed by atoms with Gasteiger partial charge in [-0.25, -0.2) is 0 Å². The molecule has 0 amide bonds. The number of anilines is 8. The highest BCUT2D eigenvalue weighted by Gasteiger charge is 2.61. The lowest BCUT2D eigenvalue weighted by Crippen LogP contribution is -2.64. The molecule has 316 valence electrons. The van der Waals surface area contributed by atoms with Crippen molar-refractivity contribution in [3.05, 3.63) is 138 Å². The first-order valence-corrected chi connectivity index (χ1v) is 30.3. The van der Waals surface area contributed by atoms with E-state index < -0.39 is 16.1 Å². The average Bonchev–Trinajstić information content (AvgIpc) is 3.42. The summed E-state index contributed by atoms with van der Waals surface area (Å²) in [4.78, 5) is 8.08. The van der Waals surface area contributed by atoms with Crippen LogP contribution < -0.4 is 41.5 Å². The van der Waals surface area contributed by atoms with Gasteiger partial charge in [-0.1, -0.05) is 151 Å². The molecule has 3 nitrogen and oxygen atoms in total. The summed E-state index contributed by atoms with van der Waals surface area (Å²) in [7, 11) is -3.04. The third kappa shape index (κ3) is 6.17. The summed E-state index contributed by atoms with van der Waals surface area (Å²) in [5.41, 5.74) is 20.1. The van der Waals surface area contributed by atoms with E-state index in [2.05, 4.69) is 218 Å². The van der Waals surface area contributed by atoms with Crippen LogP contribution in [0.1, 0.15) is 82.6 Å². The molecule has 0 aromatic heterocycles. The lowest BCUT2D eigenvalue weighted by molar-refractivity contribution is 0.195. The molecule has 0 bridgehead atoms. The highest BCUT2D eigenvalue weighted by atomic mass is 28.3. The highest BCUT2D eigenvalue weighted by Crippen LogP contribution is 2.62. The second kappa shape index (κ2) is 13.9. The van der Waals surface area contributed by atoms with Gasteiger partial charge in [-0.2, -0.15) is 0 Å². The van der Waals surface area contributed by atoms with Crippen molar-refractivity contribution in [1.29, 1.82) is 0 Å². The van der Waals surface area contributed by atoms with E-state index in [1.165, 1.54) is 115 Å². The zero-order valence-electron chi connectivity index (χ0n) is 39.7.